The van der Waals surface area contributed by atoms with E-state index < -0.39 is 5.91 Å². The van der Waals surface area contributed by atoms with Crippen LogP contribution >= 0.6 is 0 Å². The monoisotopic (exact) mass is 179 g/mol. The summed E-state index contributed by atoms with van der Waals surface area (Å²) in [5.74, 6) is -0.575. The van der Waals surface area contributed by atoms with Crippen LogP contribution in [0.25, 0.3) is 0 Å². The molecule has 0 aliphatic rings. The Morgan fingerprint density at radius 2 is 2.23 bits per heavy atom. The van der Waals surface area contributed by atoms with Crippen LogP contribution in [0.2, 0.25) is 0 Å². The van der Waals surface area contributed by atoms with Gasteiger partial charge in [-0.15, -0.1) is 0 Å². The number of amides is 1. The van der Waals surface area contributed by atoms with E-state index in [9.17, 15) is 14.7 Å². The third kappa shape index (κ3) is 1.66. The Balaban J connectivity index is 3.28. The number of aromatic hydroxyl groups is 1. The van der Waals surface area contributed by atoms with Crippen LogP contribution in [0, 0.1) is 0 Å². The summed E-state index contributed by atoms with van der Waals surface area (Å²) in [6.45, 7) is 0. The molecule has 1 rings (SSSR count). The van der Waals surface area contributed by atoms with Gasteiger partial charge >= 0.3 is 0 Å². The molecule has 1 aromatic carbocycles. The number of carbonyl (C=O) groups excluding carboxylic acids is 2. The predicted molar refractivity (Wildman–Crippen MR) is 46.9 cm³/mol. The van der Waals surface area contributed by atoms with Gasteiger partial charge in [-0.25, -0.2) is 0 Å². The van der Waals surface area contributed by atoms with Gasteiger partial charge in [-0.3, -0.25) is 9.59 Å². The van der Waals surface area contributed by atoms with Gasteiger partial charge in [0, 0.05) is 7.05 Å². The Kier molecular flexibility index (Phi) is 2.64. The summed E-state index contributed by atoms with van der Waals surface area (Å²) in [4.78, 5) is 21.7. The van der Waals surface area contributed by atoms with Gasteiger partial charge < -0.3 is 10.4 Å². The molecule has 4 nitrogen and oxygen atoms in total. The lowest BCUT2D eigenvalue weighted by atomic mass is 10.1. The lowest BCUT2D eigenvalue weighted by Gasteiger charge is -2.03. The molecule has 0 spiro atoms. The van der Waals surface area contributed by atoms with Gasteiger partial charge in [0.05, 0.1) is 11.1 Å². The molecule has 0 bridgehead atoms. The molecule has 4 heteroatoms. The molecular formula is C9H9NO3. The summed E-state index contributed by atoms with van der Waals surface area (Å²) in [6.07, 6.45) is 0.458. The van der Waals surface area contributed by atoms with Crippen molar-refractivity contribution in [3.63, 3.8) is 0 Å². The van der Waals surface area contributed by atoms with E-state index in [4.69, 9.17) is 0 Å². The fourth-order valence-electron chi connectivity index (χ4n) is 1.01. The minimum absolute atomic E-state index is 0.0156. The van der Waals surface area contributed by atoms with Gasteiger partial charge in [0.1, 0.15) is 5.75 Å². The van der Waals surface area contributed by atoms with Gasteiger partial charge in [-0.2, -0.15) is 0 Å². The molecule has 0 heterocycles. The highest BCUT2D eigenvalue weighted by atomic mass is 16.3. The number of carbonyl (C=O) groups is 2. The minimum Gasteiger partial charge on any atom is -0.507 e. The minimum atomic E-state index is -0.391. The van der Waals surface area contributed by atoms with Crippen molar-refractivity contribution in [2.75, 3.05) is 7.05 Å². The highest BCUT2D eigenvalue weighted by molar-refractivity contribution is 6.02. The molecular weight excluding hydrogens is 170 g/mol. The molecule has 0 aliphatic carbocycles. The number of rotatable bonds is 2. The topological polar surface area (TPSA) is 66.4 Å². The molecule has 13 heavy (non-hydrogen) atoms. The average Bonchev–Trinajstić information content (AvgIpc) is 2.16. The van der Waals surface area contributed by atoms with Crippen molar-refractivity contribution in [1.29, 1.82) is 0 Å². The molecule has 1 amide bonds. The van der Waals surface area contributed by atoms with Crippen LogP contribution < -0.4 is 5.32 Å². The maximum atomic E-state index is 11.2. The van der Waals surface area contributed by atoms with Crippen LogP contribution in [-0.4, -0.2) is 24.3 Å². The average molecular weight is 179 g/mol. The van der Waals surface area contributed by atoms with Crippen molar-refractivity contribution < 1.29 is 14.7 Å². The summed E-state index contributed by atoms with van der Waals surface area (Å²) in [5, 5.41) is 11.6. The third-order valence-electron chi connectivity index (χ3n) is 1.67. The Bertz CT molecular complexity index is 347. The standard InChI is InChI=1S/C9H9NO3/c1-10-9(13)6-3-2-4-8(12)7(6)5-11/h2-5,12H,1H3,(H,10,13). The van der Waals surface area contributed by atoms with E-state index in [0.717, 1.165) is 0 Å². The number of phenols is 1. The second-order valence-corrected chi connectivity index (χ2v) is 2.44. The molecule has 0 radical (unpaired) electrons. The summed E-state index contributed by atoms with van der Waals surface area (Å²) >= 11 is 0. The van der Waals surface area contributed by atoms with E-state index in [-0.39, 0.29) is 16.9 Å². The maximum absolute atomic E-state index is 11.2. The fourth-order valence-corrected chi connectivity index (χ4v) is 1.01. The Hall–Kier alpha value is -1.84. The van der Waals surface area contributed by atoms with Crippen LogP contribution in [0.1, 0.15) is 20.7 Å². The van der Waals surface area contributed by atoms with Gasteiger partial charge in [0.25, 0.3) is 5.91 Å². The Morgan fingerprint density at radius 3 is 2.77 bits per heavy atom. The summed E-state index contributed by atoms with van der Waals surface area (Å²) in [5.41, 5.74) is 0.194. The fraction of sp³-hybridized carbons (Fsp3) is 0.111. The molecule has 0 saturated heterocycles. The first kappa shape index (κ1) is 9.25. The number of hydrogen-bond donors (Lipinski definition) is 2. The smallest absolute Gasteiger partial charge is 0.251 e. The van der Waals surface area contributed by atoms with Crippen molar-refractivity contribution in [2.45, 2.75) is 0 Å². The second kappa shape index (κ2) is 3.71. The van der Waals surface area contributed by atoms with Crippen LogP contribution in [0.4, 0.5) is 0 Å². The zero-order valence-corrected chi connectivity index (χ0v) is 7.07. The first-order valence-electron chi connectivity index (χ1n) is 3.70. The second-order valence-electron chi connectivity index (χ2n) is 2.44. The molecule has 0 unspecified atom stereocenters. The SMILES string of the molecule is CNC(=O)c1cccc(O)c1C=O. The zero-order valence-electron chi connectivity index (χ0n) is 7.07. The quantitative estimate of drug-likeness (QED) is 0.652. The van der Waals surface area contributed by atoms with E-state index in [0.29, 0.717) is 6.29 Å². The predicted octanol–water partition coefficient (Wildman–Crippen LogP) is 0.564. The molecule has 0 saturated carbocycles. The Labute approximate surface area is 75.2 Å². The molecule has 2 N–H and O–H groups in total. The van der Waals surface area contributed by atoms with E-state index in [1.54, 1.807) is 0 Å². The highest BCUT2D eigenvalue weighted by Crippen LogP contribution is 2.18. The number of nitrogens with one attached hydrogen (secondary N) is 1. The van der Waals surface area contributed by atoms with Gasteiger partial charge in [-0.05, 0) is 12.1 Å². The zero-order chi connectivity index (χ0) is 9.84. The molecule has 0 fully saturated rings. The van der Waals surface area contributed by atoms with Crippen LogP contribution in [0.3, 0.4) is 0 Å². The lowest BCUT2D eigenvalue weighted by molar-refractivity contribution is 0.0956. The first-order chi connectivity index (χ1) is 6.20. The Morgan fingerprint density at radius 1 is 1.54 bits per heavy atom. The summed E-state index contributed by atoms with van der Waals surface area (Å²) in [7, 11) is 1.46. The van der Waals surface area contributed by atoms with Crippen molar-refractivity contribution in [3.05, 3.63) is 29.3 Å². The number of phenolic OH excluding ortho intramolecular Hbond substituents is 1. The van der Waals surface area contributed by atoms with Crippen molar-refractivity contribution in [3.8, 4) is 5.75 Å². The van der Waals surface area contributed by atoms with Gasteiger partial charge in [-0.1, -0.05) is 6.07 Å². The molecule has 0 aromatic heterocycles. The van der Waals surface area contributed by atoms with Crippen LogP contribution in [0.5, 0.6) is 5.75 Å². The van der Waals surface area contributed by atoms with Crippen molar-refractivity contribution in [1.82, 2.24) is 5.32 Å². The van der Waals surface area contributed by atoms with E-state index in [1.807, 2.05) is 0 Å². The van der Waals surface area contributed by atoms with Gasteiger partial charge in [0.15, 0.2) is 6.29 Å². The number of benzene rings is 1. The largest absolute Gasteiger partial charge is 0.507 e. The number of aldehydes is 1. The van der Waals surface area contributed by atoms with E-state index in [1.165, 1.54) is 25.2 Å². The van der Waals surface area contributed by atoms with Gasteiger partial charge in [0.2, 0.25) is 0 Å². The van der Waals surface area contributed by atoms with Crippen LogP contribution in [-0.2, 0) is 0 Å². The normalized spacial score (nSPS) is 9.31. The van der Waals surface area contributed by atoms with E-state index >= 15 is 0 Å². The summed E-state index contributed by atoms with van der Waals surface area (Å²) < 4.78 is 0. The molecule has 0 atom stereocenters. The van der Waals surface area contributed by atoms with Crippen molar-refractivity contribution >= 4 is 12.2 Å². The number of hydrogen-bond acceptors (Lipinski definition) is 3. The highest BCUT2D eigenvalue weighted by Gasteiger charge is 2.11. The van der Waals surface area contributed by atoms with Crippen LogP contribution in [0.15, 0.2) is 18.2 Å². The third-order valence-corrected chi connectivity index (χ3v) is 1.67. The van der Waals surface area contributed by atoms with Crippen molar-refractivity contribution in [2.24, 2.45) is 0 Å². The van der Waals surface area contributed by atoms with E-state index in [2.05, 4.69) is 5.32 Å². The molecule has 1 aromatic rings. The maximum Gasteiger partial charge on any atom is 0.251 e. The molecule has 0 aliphatic heterocycles. The first-order valence-corrected chi connectivity index (χ1v) is 3.70. The lowest BCUT2D eigenvalue weighted by Crippen LogP contribution is -2.19. The molecule has 68 valence electrons. The summed E-state index contributed by atoms with van der Waals surface area (Å²) in [6, 6.07) is 4.34.